The Morgan fingerprint density at radius 2 is 1.68 bits per heavy atom. The number of anilines is 1. The first kappa shape index (κ1) is 14.2. The minimum atomic E-state index is -4.07. The Bertz CT molecular complexity index is 406. The molecule has 1 aromatic rings. The van der Waals surface area contributed by atoms with Crippen molar-refractivity contribution in [1.82, 2.24) is 0 Å². The van der Waals surface area contributed by atoms with E-state index in [4.69, 9.17) is 0 Å². The Balaban J connectivity index is 1.98. The number of hydrogen-bond donors (Lipinski definition) is 1. The SMILES string of the molecule is CC(O)c1ccc(N2CCC(C(F)(F)F)CC2)cc1. The Morgan fingerprint density at radius 1 is 1.16 bits per heavy atom. The van der Waals surface area contributed by atoms with E-state index in [0.717, 1.165) is 11.3 Å². The first-order valence-corrected chi connectivity index (χ1v) is 6.47. The van der Waals surface area contributed by atoms with Crippen LogP contribution in [0.4, 0.5) is 18.9 Å². The second-order valence-corrected chi connectivity index (χ2v) is 5.07. The van der Waals surface area contributed by atoms with Gasteiger partial charge in [0.2, 0.25) is 0 Å². The maximum Gasteiger partial charge on any atom is 0.391 e. The standard InChI is InChI=1S/C14H18F3NO/c1-10(19)11-2-4-13(5-3-11)18-8-6-12(7-9-18)14(15,16)17/h2-5,10,12,19H,6-9H2,1H3. The molecule has 0 bridgehead atoms. The van der Waals surface area contributed by atoms with Gasteiger partial charge in [0, 0.05) is 18.8 Å². The van der Waals surface area contributed by atoms with Gasteiger partial charge in [0.05, 0.1) is 12.0 Å². The molecule has 1 N–H and O–H groups in total. The highest BCUT2D eigenvalue weighted by Gasteiger charge is 2.41. The van der Waals surface area contributed by atoms with Crippen molar-refractivity contribution in [2.24, 2.45) is 5.92 Å². The molecule has 1 aliphatic rings. The van der Waals surface area contributed by atoms with E-state index in [2.05, 4.69) is 0 Å². The second kappa shape index (κ2) is 5.41. The predicted molar refractivity (Wildman–Crippen MR) is 68.1 cm³/mol. The third-order valence-electron chi connectivity index (χ3n) is 3.70. The van der Waals surface area contributed by atoms with Gasteiger partial charge in [-0.2, -0.15) is 13.2 Å². The summed E-state index contributed by atoms with van der Waals surface area (Å²) < 4.78 is 37.7. The van der Waals surface area contributed by atoms with E-state index in [-0.39, 0.29) is 12.8 Å². The van der Waals surface area contributed by atoms with Gasteiger partial charge >= 0.3 is 6.18 Å². The molecule has 2 rings (SSSR count). The molecule has 1 fully saturated rings. The van der Waals surface area contributed by atoms with Crippen LogP contribution in [0, 0.1) is 5.92 Å². The highest BCUT2D eigenvalue weighted by molar-refractivity contribution is 5.48. The lowest BCUT2D eigenvalue weighted by Crippen LogP contribution is -2.38. The molecule has 0 aliphatic carbocycles. The summed E-state index contributed by atoms with van der Waals surface area (Å²) in [6.07, 6.45) is -4.28. The smallest absolute Gasteiger partial charge is 0.389 e. The molecule has 2 nitrogen and oxygen atoms in total. The van der Waals surface area contributed by atoms with Gasteiger partial charge < -0.3 is 10.0 Å². The summed E-state index contributed by atoms with van der Waals surface area (Å²) in [6, 6.07) is 7.34. The van der Waals surface area contributed by atoms with Gasteiger partial charge in [-0.25, -0.2) is 0 Å². The number of nitrogens with zero attached hydrogens (tertiary/aromatic N) is 1. The van der Waals surface area contributed by atoms with Crippen molar-refractivity contribution in [3.8, 4) is 0 Å². The summed E-state index contributed by atoms with van der Waals surface area (Å²) in [7, 11) is 0. The van der Waals surface area contributed by atoms with Crippen molar-refractivity contribution in [1.29, 1.82) is 0 Å². The van der Waals surface area contributed by atoms with Crippen LogP contribution < -0.4 is 4.90 Å². The minimum Gasteiger partial charge on any atom is -0.389 e. The van der Waals surface area contributed by atoms with E-state index in [1.54, 1.807) is 6.92 Å². The fourth-order valence-electron chi connectivity index (χ4n) is 2.43. The fraction of sp³-hybridized carbons (Fsp3) is 0.571. The monoisotopic (exact) mass is 273 g/mol. The molecule has 0 aromatic heterocycles. The molecule has 5 heteroatoms. The average Bonchev–Trinajstić information content (AvgIpc) is 2.38. The van der Waals surface area contributed by atoms with Gasteiger partial charge in [-0.1, -0.05) is 12.1 Å². The number of hydrogen-bond acceptors (Lipinski definition) is 2. The number of rotatable bonds is 2. The van der Waals surface area contributed by atoms with Crippen molar-refractivity contribution < 1.29 is 18.3 Å². The number of alkyl halides is 3. The van der Waals surface area contributed by atoms with Crippen molar-refractivity contribution in [2.45, 2.75) is 32.0 Å². The molecule has 1 saturated heterocycles. The average molecular weight is 273 g/mol. The van der Waals surface area contributed by atoms with Crippen molar-refractivity contribution in [2.75, 3.05) is 18.0 Å². The number of halogens is 3. The maximum atomic E-state index is 12.6. The zero-order valence-corrected chi connectivity index (χ0v) is 10.8. The number of benzene rings is 1. The fourth-order valence-corrected chi connectivity index (χ4v) is 2.43. The zero-order valence-electron chi connectivity index (χ0n) is 10.8. The zero-order chi connectivity index (χ0) is 14.0. The van der Waals surface area contributed by atoms with Crippen LogP contribution in [0.15, 0.2) is 24.3 Å². The largest absolute Gasteiger partial charge is 0.391 e. The molecular formula is C14H18F3NO. The number of aliphatic hydroxyl groups excluding tert-OH is 1. The normalized spacial score (nSPS) is 19.5. The van der Waals surface area contributed by atoms with Crippen LogP contribution in [-0.2, 0) is 0 Å². The predicted octanol–water partition coefficient (Wildman–Crippen LogP) is 3.52. The van der Waals surface area contributed by atoms with Crippen molar-refractivity contribution in [3.63, 3.8) is 0 Å². The van der Waals surface area contributed by atoms with E-state index in [9.17, 15) is 18.3 Å². The number of aliphatic hydroxyl groups is 1. The summed E-state index contributed by atoms with van der Waals surface area (Å²) in [5, 5.41) is 9.41. The van der Waals surface area contributed by atoms with Gasteiger partial charge in [0.25, 0.3) is 0 Å². The van der Waals surface area contributed by atoms with Crippen LogP contribution in [0.2, 0.25) is 0 Å². The molecule has 1 atom stereocenters. The van der Waals surface area contributed by atoms with Gasteiger partial charge in [-0.15, -0.1) is 0 Å². The molecule has 0 saturated carbocycles. The van der Waals surface area contributed by atoms with Crippen LogP contribution in [-0.4, -0.2) is 24.4 Å². The second-order valence-electron chi connectivity index (χ2n) is 5.07. The van der Waals surface area contributed by atoms with Crippen LogP contribution in [0.1, 0.15) is 31.4 Å². The van der Waals surface area contributed by atoms with Gasteiger partial charge in [-0.3, -0.25) is 0 Å². The lowest BCUT2D eigenvalue weighted by atomic mass is 9.96. The molecular weight excluding hydrogens is 255 g/mol. The first-order valence-electron chi connectivity index (χ1n) is 6.47. The summed E-state index contributed by atoms with van der Waals surface area (Å²) in [6.45, 7) is 2.54. The Morgan fingerprint density at radius 3 is 2.11 bits per heavy atom. The van der Waals surface area contributed by atoms with Crippen molar-refractivity contribution in [3.05, 3.63) is 29.8 Å². The first-order chi connectivity index (χ1) is 8.88. The van der Waals surface area contributed by atoms with Crippen LogP contribution in [0.25, 0.3) is 0 Å². The van der Waals surface area contributed by atoms with Crippen LogP contribution in [0.5, 0.6) is 0 Å². The highest BCUT2D eigenvalue weighted by Crippen LogP contribution is 2.35. The molecule has 1 aliphatic heterocycles. The summed E-state index contributed by atoms with van der Waals surface area (Å²) in [5.74, 6) is -1.17. The van der Waals surface area contributed by atoms with Gasteiger partial charge in [0.1, 0.15) is 0 Å². The molecule has 19 heavy (non-hydrogen) atoms. The molecule has 0 radical (unpaired) electrons. The maximum absolute atomic E-state index is 12.6. The van der Waals surface area contributed by atoms with Crippen molar-refractivity contribution >= 4 is 5.69 Å². The number of piperidine rings is 1. The van der Waals surface area contributed by atoms with E-state index in [0.29, 0.717) is 13.1 Å². The lowest BCUT2D eigenvalue weighted by molar-refractivity contribution is -0.179. The van der Waals surface area contributed by atoms with Crippen LogP contribution in [0.3, 0.4) is 0 Å². The molecule has 0 amide bonds. The molecule has 0 spiro atoms. The quantitative estimate of drug-likeness (QED) is 0.891. The molecule has 1 unspecified atom stereocenters. The molecule has 1 aromatic carbocycles. The molecule has 106 valence electrons. The van der Waals surface area contributed by atoms with E-state index < -0.39 is 18.2 Å². The summed E-state index contributed by atoms with van der Waals surface area (Å²) in [5.41, 5.74) is 1.74. The Labute approximate surface area is 110 Å². The third-order valence-corrected chi connectivity index (χ3v) is 3.70. The lowest BCUT2D eigenvalue weighted by Gasteiger charge is -2.34. The van der Waals surface area contributed by atoms with E-state index in [1.165, 1.54) is 0 Å². The van der Waals surface area contributed by atoms with E-state index >= 15 is 0 Å². The Hall–Kier alpha value is -1.23. The molecule has 1 heterocycles. The van der Waals surface area contributed by atoms with E-state index in [1.807, 2.05) is 29.2 Å². The third kappa shape index (κ3) is 3.41. The van der Waals surface area contributed by atoms with Gasteiger partial charge in [0.15, 0.2) is 0 Å². The minimum absolute atomic E-state index is 0.154. The highest BCUT2D eigenvalue weighted by atomic mass is 19.4. The Kier molecular flexibility index (Phi) is 4.04. The summed E-state index contributed by atoms with van der Waals surface area (Å²) >= 11 is 0. The summed E-state index contributed by atoms with van der Waals surface area (Å²) in [4.78, 5) is 1.97. The van der Waals surface area contributed by atoms with Gasteiger partial charge in [-0.05, 0) is 37.5 Å². The van der Waals surface area contributed by atoms with Crippen LogP contribution >= 0.6 is 0 Å². The topological polar surface area (TPSA) is 23.5 Å².